The van der Waals surface area contributed by atoms with Crippen molar-refractivity contribution in [1.29, 1.82) is 0 Å². The quantitative estimate of drug-likeness (QED) is 0.439. The number of anilines is 2. The fourth-order valence-electron chi connectivity index (χ4n) is 4.56. The van der Waals surface area contributed by atoms with Crippen molar-refractivity contribution in [2.75, 3.05) is 42.9 Å². The first-order chi connectivity index (χ1) is 16.9. The van der Waals surface area contributed by atoms with Crippen LogP contribution >= 0.6 is 0 Å². The summed E-state index contributed by atoms with van der Waals surface area (Å²) in [6.45, 7) is 6.76. The Labute approximate surface area is 202 Å². The zero-order chi connectivity index (χ0) is 24.5. The Kier molecular flexibility index (Phi) is 6.12. The fraction of sp³-hybridized carbons (Fsp3) is 0.320. The van der Waals surface area contributed by atoms with Gasteiger partial charge in [0, 0.05) is 48.9 Å². The summed E-state index contributed by atoms with van der Waals surface area (Å²) in [5.41, 5.74) is 8.95. The van der Waals surface area contributed by atoms with Crippen molar-refractivity contribution in [3.05, 3.63) is 59.8 Å². The molecule has 1 aliphatic heterocycles. The van der Waals surface area contributed by atoms with Crippen molar-refractivity contribution in [2.24, 2.45) is 5.73 Å². The van der Waals surface area contributed by atoms with Crippen molar-refractivity contribution < 1.29 is 9.18 Å². The van der Waals surface area contributed by atoms with E-state index in [4.69, 9.17) is 10.7 Å². The third-order valence-corrected chi connectivity index (χ3v) is 6.45. The number of hydrogen-bond acceptors (Lipinski definition) is 8. The third-order valence-electron chi connectivity index (χ3n) is 6.45. The van der Waals surface area contributed by atoms with Crippen LogP contribution in [-0.2, 0) is 4.79 Å². The van der Waals surface area contributed by atoms with Crippen LogP contribution in [0.2, 0.25) is 0 Å². The number of hydrogen-bond donors (Lipinski definition) is 2. The molecule has 4 heterocycles. The molecule has 0 aliphatic carbocycles. The highest BCUT2D eigenvalue weighted by atomic mass is 19.1. The van der Waals surface area contributed by atoms with Crippen LogP contribution in [0.4, 0.5) is 16.0 Å². The Hall–Kier alpha value is -3.92. The number of carbonyl (C=O) groups is 1. The molecule has 0 saturated carbocycles. The molecule has 1 fully saturated rings. The van der Waals surface area contributed by atoms with Gasteiger partial charge in [-0.2, -0.15) is 0 Å². The summed E-state index contributed by atoms with van der Waals surface area (Å²) >= 11 is 0. The van der Waals surface area contributed by atoms with Gasteiger partial charge in [-0.15, -0.1) is 0 Å². The van der Waals surface area contributed by atoms with Crippen LogP contribution < -0.4 is 16.0 Å². The van der Waals surface area contributed by atoms with Crippen LogP contribution in [0.1, 0.15) is 24.1 Å². The number of nitrogens with two attached hydrogens (primary N) is 1. The van der Waals surface area contributed by atoms with Gasteiger partial charge in [0.25, 0.3) is 0 Å². The minimum Gasteiger partial charge on any atom is -0.369 e. The smallest absolute Gasteiger partial charge is 0.231 e. The Morgan fingerprint density at radius 1 is 1.14 bits per heavy atom. The summed E-state index contributed by atoms with van der Waals surface area (Å²) in [6, 6.07) is 8.87. The van der Waals surface area contributed by atoms with E-state index in [2.05, 4.69) is 31.2 Å². The SMILES string of the molecule is Cc1c(F)ccc2cc([C@H](C)Nc3ncnc4cccnc34)c(N3CCN(CC(N)=O)CC3)nc12. The van der Waals surface area contributed by atoms with E-state index in [1.807, 2.05) is 24.0 Å². The molecule has 0 bridgehead atoms. The highest BCUT2D eigenvalue weighted by molar-refractivity contribution is 5.87. The highest BCUT2D eigenvalue weighted by Gasteiger charge is 2.25. The van der Waals surface area contributed by atoms with E-state index in [9.17, 15) is 9.18 Å². The number of carbonyl (C=O) groups excluding carboxylic acids is 1. The Bertz CT molecular complexity index is 1400. The maximum absolute atomic E-state index is 14.4. The van der Waals surface area contributed by atoms with Gasteiger partial charge in [0.05, 0.1) is 23.6 Å². The first-order valence-corrected chi connectivity index (χ1v) is 11.6. The molecule has 0 radical (unpaired) electrons. The molecule has 10 heteroatoms. The number of amides is 1. The first kappa shape index (κ1) is 22.9. The monoisotopic (exact) mass is 474 g/mol. The lowest BCUT2D eigenvalue weighted by Crippen LogP contribution is -2.49. The van der Waals surface area contributed by atoms with Crippen LogP contribution in [0, 0.1) is 12.7 Å². The topological polar surface area (TPSA) is 113 Å². The average Bonchev–Trinajstić information content (AvgIpc) is 2.86. The molecular formula is C25H27FN8O. The maximum Gasteiger partial charge on any atom is 0.231 e. The molecule has 180 valence electrons. The van der Waals surface area contributed by atoms with Crippen molar-refractivity contribution in [2.45, 2.75) is 19.9 Å². The molecule has 1 amide bonds. The molecule has 1 saturated heterocycles. The molecule has 3 aromatic heterocycles. The second-order valence-electron chi connectivity index (χ2n) is 8.83. The molecule has 9 nitrogen and oxygen atoms in total. The number of rotatable bonds is 6. The van der Waals surface area contributed by atoms with Gasteiger partial charge in [-0.1, -0.05) is 0 Å². The Morgan fingerprint density at radius 2 is 1.94 bits per heavy atom. The highest BCUT2D eigenvalue weighted by Crippen LogP contribution is 2.33. The number of piperazine rings is 1. The second-order valence-corrected chi connectivity index (χ2v) is 8.83. The van der Waals surface area contributed by atoms with Gasteiger partial charge in [-0.05, 0) is 44.2 Å². The van der Waals surface area contributed by atoms with Crippen molar-refractivity contribution in [3.63, 3.8) is 0 Å². The summed E-state index contributed by atoms with van der Waals surface area (Å²) in [6.07, 6.45) is 3.23. The van der Waals surface area contributed by atoms with E-state index >= 15 is 0 Å². The molecule has 0 spiro atoms. The summed E-state index contributed by atoms with van der Waals surface area (Å²) in [4.78, 5) is 33.7. The number of benzene rings is 1. The van der Waals surface area contributed by atoms with Crippen LogP contribution in [0.15, 0.2) is 42.9 Å². The molecule has 1 atom stereocenters. The molecule has 3 N–H and O–H groups in total. The van der Waals surface area contributed by atoms with Crippen molar-refractivity contribution in [1.82, 2.24) is 24.8 Å². The van der Waals surface area contributed by atoms with Gasteiger partial charge in [0.2, 0.25) is 5.91 Å². The van der Waals surface area contributed by atoms with Crippen molar-refractivity contribution >= 4 is 39.5 Å². The van der Waals surface area contributed by atoms with Gasteiger partial charge in [0.1, 0.15) is 23.5 Å². The van der Waals surface area contributed by atoms with Crippen LogP contribution in [0.25, 0.3) is 21.9 Å². The van der Waals surface area contributed by atoms with E-state index in [1.54, 1.807) is 19.2 Å². The zero-order valence-corrected chi connectivity index (χ0v) is 19.7. The van der Waals surface area contributed by atoms with Crippen LogP contribution in [0.5, 0.6) is 0 Å². The maximum atomic E-state index is 14.4. The normalized spacial score (nSPS) is 15.5. The van der Waals surface area contributed by atoms with E-state index in [0.717, 1.165) is 22.3 Å². The molecule has 35 heavy (non-hydrogen) atoms. The minimum absolute atomic E-state index is 0.170. The summed E-state index contributed by atoms with van der Waals surface area (Å²) < 4.78 is 14.4. The van der Waals surface area contributed by atoms with E-state index in [0.29, 0.717) is 48.6 Å². The number of primary amides is 1. The lowest BCUT2D eigenvalue weighted by Gasteiger charge is -2.36. The van der Waals surface area contributed by atoms with E-state index < -0.39 is 0 Å². The van der Waals surface area contributed by atoms with Crippen LogP contribution in [0.3, 0.4) is 0 Å². The predicted molar refractivity (Wildman–Crippen MR) is 134 cm³/mol. The lowest BCUT2D eigenvalue weighted by atomic mass is 10.0. The number of aromatic nitrogens is 4. The average molecular weight is 475 g/mol. The van der Waals surface area contributed by atoms with Gasteiger partial charge in [-0.3, -0.25) is 14.7 Å². The van der Waals surface area contributed by atoms with Crippen LogP contribution in [-0.4, -0.2) is 63.5 Å². The number of fused-ring (bicyclic) bond motifs is 2. The summed E-state index contributed by atoms with van der Waals surface area (Å²) in [7, 11) is 0. The summed E-state index contributed by atoms with van der Waals surface area (Å²) in [5.74, 6) is 0.809. The second kappa shape index (κ2) is 9.38. The molecular weight excluding hydrogens is 447 g/mol. The summed E-state index contributed by atoms with van der Waals surface area (Å²) in [5, 5.41) is 4.35. The molecule has 0 unspecified atom stereocenters. The lowest BCUT2D eigenvalue weighted by molar-refractivity contribution is -0.119. The van der Waals surface area contributed by atoms with Gasteiger partial charge in [0.15, 0.2) is 5.82 Å². The number of halogens is 1. The number of aryl methyl sites for hydroxylation is 1. The van der Waals surface area contributed by atoms with E-state index in [1.165, 1.54) is 12.4 Å². The molecule has 4 aromatic rings. The van der Waals surface area contributed by atoms with Gasteiger partial charge in [-0.25, -0.2) is 19.3 Å². The largest absolute Gasteiger partial charge is 0.369 e. The Balaban J connectivity index is 1.53. The third kappa shape index (κ3) is 4.57. The Morgan fingerprint density at radius 3 is 2.71 bits per heavy atom. The molecule has 5 rings (SSSR count). The number of nitrogens with one attached hydrogen (secondary N) is 1. The minimum atomic E-state index is -0.336. The molecule has 1 aliphatic rings. The predicted octanol–water partition coefficient (Wildman–Crippen LogP) is 2.80. The number of nitrogens with zero attached hydrogens (tertiary/aromatic N) is 6. The van der Waals surface area contributed by atoms with Gasteiger partial charge < -0.3 is 16.0 Å². The number of pyridine rings is 2. The first-order valence-electron chi connectivity index (χ1n) is 11.6. The van der Waals surface area contributed by atoms with Gasteiger partial charge >= 0.3 is 0 Å². The van der Waals surface area contributed by atoms with Crippen molar-refractivity contribution in [3.8, 4) is 0 Å². The fourth-order valence-corrected chi connectivity index (χ4v) is 4.56. The zero-order valence-electron chi connectivity index (χ0n) is 19.7. The van der Waals surface area contributed by atoms with E-state index in [-0.39, 0.29) is 24.3 Å². The standard InChI is InChI=1S/C25H27FN8O/c1-15-19(26)6-5-17-12-18(16(2)31-24-23-20(29-14-30-24)4-3-7-28-23)25(32-22(15)17)34-10-8-33(9-11-34)13-21(27)35/h3-7,12,14,16H,8-11,13H2,1-2H3,(H2,27,35)(H,29,30,31)/t16-/m0/s1. The molecule has 1 aromatic carbocycles.